The summed E-state index contributed by atoms with van der Waals surface area (Å²) in [5.41, 5.74) is -1.02. The Morgan fingerprint density at radius 3 is 2.38 bits per heavy atom. The van der Waals surface area contributed by atoms with Crippen LogP contribution in [0.4, 0.5) is 18.3 Å². The van der Waals surface area contributed by atoms with Crippen molar-refractivity contribution in [2.45, 2.75) is 39.0 Å². The number of morpholine rings is 1. The van der Waals surface area contributed by atoms with E-state index in [0.717, 1.165) is 11.3 Å². The van der Waals surface area contributed by atoms with Gasteiger partial charge in [0.1, 0.15) is 0 Å². The first-order valence-corrected chi connectivity index (χ1v) is 7.63. The number of alkyl halides is 3. The van der Waals surface area contributed by atoms with Crippen molar-refractivity contribution >= 4 is 16.5 Å². The topological polar surface area (TPSA) is 37.4 Å². The van der Waals surface area contributed by atoms with Gasteiger partial charge in [-0.25, -0.2) is 4.98 Å². The highest BCUT2D eigenvalue weighted by atomic mass is 32.1. The first-order chi connectivity index (χ1) is 9.67. The Balaban J connectivity index is 2.22. The SMILES string of the molecule is CC(C)(C)NCc1sc(N2CCOCC2)nc1C(F)(F)F. The molecule has 0 amide bonds. The van der Waals surface area contributed by atoms with Gasteiger partial charge in [0.15, 0.2) is 10.8 Å². The molecule has 1 fully saturated rings. The Labute approximate surface area is 126 Å². The average molecular weight is 323 g/mol. The van der Waals surface area contributed by atoms with Crippen LogP contribution >= 0.6 is 11.3 Å². The van der Waals surface area contributed by atoms with Crippen molar-refractivity contribution in [2.75, 3.05) is 31.2 Å². The van der Waals surface area contributed by atoms with Crippen LogP contribution in [-0.2, 0) is 17.5 Å². The van der Waals surface area contributed by atoms with E-state index < -0.39 is 11.9 Å². The predicted octanol–water partition coefficient (Wildman–Crippen LogP) is 2.89. The zero-order chi connectivity index (χ0) is 15.7. The summed E-state index contributed by atoms with van der Waals surface area (Å²) in [6, 6.07) is 0. The normalized spacial score (nSPS) is 17.3. The summed E-state index contributed by atoms with van der Waals surface area (Å²) in [5, 5.41) is 3.52. The lowest BCUT2D eigenvalue weighted by atomic mass is 10.1. The van der Waals surface area contributed by atoms with Gasteiger partial charge in [0.05, 0.1) is 18.1 Å². The van der Waals surface area contributed by atoms with Crippen LogP contribution in [0.2, 0.25) is 0 Å². The molecule has 1 N–H and O–H groups in total. The molecule has 0 unspecified atom stereocenters. The van der Waals surface area contributed by atoms with Gasteiger partial charge in [0.2, 0.25) is 0 Å². The highest BCUT2D eigenvalue weighted by molar-refractivity contribution is 7.15. The number of thiazole rings is 1. The lowest BCUT2D eigenvalue weighted by Crippen LogP contribution is -2.36. The number of nitrogens with one attached hydrogen (secondary N) is 1. The van der Waals surface area contributed by atoms with Gasteiger partial charge >= 0.3 is 6.18 Å². The fourth-order valence-corrected chi connectivity index (χ4v) is 2.99. The highest BCUT2D eigenvalue weighted by Gasteiger charge is 2.38. The molecule has 0 aliphatic carbocycles. The van der Waals surface area contributed by atoms with Crippen LogP contribution in [-0.4, -0.2) is 36.8 Å². The zero-order valence-corrected chi connectivity index (χ0v) is 13.2. The number of hydrogen-bond acceptors (Lipinski definition) is 5. The third-order valence-electron chi connectivity index (χ3n) is 3.02. The quantitative estimate of drug-likeness (QED) is 0.928. The molecule has 1 aliphatic rings. The molecular formula is C13H20F3N3OS. The van der Waals surface area contributed by atoms with E-state index in [9.17, 15) is 13.2 Å². The number of ether oxygens (including phenoxy) is 1. The van der Waals surface area contributed by atoms with E-state index in [-0.39, 0.29) is 17.0 Å². The summed E-state index contributed by atoms with van der Waals surface area (Å²) >= 11 is 1.11. The number of aromatic nitrogens is 1. The molecule has 0 saturated carbocycles. The van der Waals surface area contributed by atoms with Gasteiger partial charge in [-0.05, 0) is 20.8 Å². The number of halogens is 3. The van der Waals surface area contributed by atoms with Gasteiger partial charge in [-0.15, -0.1) is 0 Å². The minimum absolute atomic E-state index is 0.167. The van der Waals surface area contributed by atoms with Crippen LogP contribution in [0.3, 0.4) is 0 Å². The molecule has 8 heteroatoms. The Morgan fingerprint density at radius 2 is 1.86 bits per heavy atom. The fourth-order valence-electron chi connectivity index (χ4n) is 1.92. The molecule has 1 aromatic heterocycles. The molecule has 0 spiro atoms. The van der Waals surface area contributed by atoms with Crippen molar-refractivity contribution in [3.05, 3.63) is 10.6 Å². The lowest BCUT2D eigenvalue weighted by Gasteiger charge is -2.26. The molecule has 1 aromatic rings. The summed E-state index contributed by atoms with van der Waals surface area (Å²) in [5.74, 6) is 0. The fraction of sp³-hybridized carbons (Fsp3) is 0.769. The van der Waals surface area contributed by atoms with Crippen molar-refractivity contribution < 1.29 is 17.9 Å². The van der Waals surface area contributed by atoms with Crippen molar-refractivity contribution in [1.82, 2.24) is 10.3 Å². The van der Waals surface area contributed by atoms with Crippen LogP contribution in [0.5, 0.6) is 0 Å². The highest BCUT2D eigenvalue weighted by Crippen LogP contribution is 2.37. The molecule has 2 heterocycles. The van der Waals surface area contributed by atoms with E-state index in [1.54, 1.807) is 0 Å². The summed E-state index contributed by atoms with van der Waals surface area (Å²) in [6.45, 7) is 8.14. The van der Waals surface area contributed by atoms with Crippen molar-refractivity contribution in [3.8, 4) is 0 Å². The molecule has 0 aromatic carbocycles. The van der Waals surface area contributed by atoms with Gasteiger partial charge in [-0.3, -0.25) is 0 Å². The van der Waals surface area contributed by atoms with Crippen LogP contribution in [0, 0.1) is 0 Å². The Hall–Kier alpha value is -0.860. The zero-order valence-electron chi connectivity index (χ0n) is 12.4. The van der Waals surface area contributed by atoms with E-state index in [1.165, 1.54) is 0 Å². The second kappa shape index (κ2) is 6.10. The van der Waals surface area contributed by atoms with Gasteiger partial charge in [0.25, 0.3) is 0 Å². The first kappa shape index (κ1) is 16.5. The Bertz CT molecular complexity index is 476. The Kier molecular flexibility index (Phi) is 4.79. The maximum Gasteiger partial charge on any atom is 0.434 e. The van der Waals surface area contributed by atoms with E-state index in [0.29, 0.717) is 31.4 Å². The summed E-state index contributed by atoms with van der Waals surface area (Å²) < 4.78 is 44.6. The Morgan fingerprint density at radius 1 is 1.24 bits per heavy atom. The van der Waals surface area contributed by atoms with Gasteiger partial charge in [-0.2, -0.15) is 13.2 Å². The van der Waals surface area contributed by atoms with Crippen LogP contribution in [0.25, 0.3) is 0 Å². The smallest absolute Gasteiger partial charge is 0.378 e. The van der Waals surface area contributed by atoms with Crippen LogP contribution in [0.15, 0.2) is 0 Å². The summed E-state index contributed by atoms with van der Waals surface area (Å²) in [6.07, 6.45) is -4.42. The van der Waals surface area contributed by atoms with Crippen molar-refractivity contribution in [2.24, 2.45) is 0 Å². The largest absolute Gasteiger partial charge is 0.434 e. The van der Waals surface area contributed by atoms with Crippen molar-refractivity contribution in [3.63, 3.8) is 0 Å². The molecule has 0 bridgehead atoms. The van der Waals surface area contributed by atoms with Gasteiger partial charge < -0.3 is 15.0 Å². The second-order valence-electron chi connectivity index (χ2n) is 5.97. The molecule has 1 saturated heterocycles. The summed E-state index contributed by atoms with van der Waals surface area (Å²) in [4.78, 5) is 5.92. The molecule has 1 aliphatic heterocycles. The summed E-state index contributed by atoms with van der Waals surface area (Å²) in [7, 11) is 0. The lowest BCUT2D eigenvalue weighted by molar-refractivity contribution is -0.141. The van der Waals surface area contributed by atoms with Gasteiger partial charge in [-0.1, -0.05) is 11.3 Å². The standard InChI is InChI=1S/C13H20F3N3OS/c1-12(2,3)17-8-9-10(13(14,15)16)18-11(21-9)19-4-6-20-7-5-19/h17H,4-8H2,1-3H3. The third kappa shape index (κ3) is 4.55. The van der Waals surface area contributed by atoms with Crippen molar-refractivity contribution in [1.29, 1.82) is 0 Å². The number of hydrogen-bond donors (Lipinski definition) is 1. The van der Waals surface area contributed by atoms with E-state index in [2.05, 4.69) is 10.3 Å². The minimum atomic E-state index is -4.42. The van der Waals surface area contributed by atoms with Crippen LogP contribution in [0.1, 0.15) is 31.3 Å². The van der Waals surface area contributed by atoms with E-state index in [4.69, 9.17) is 4.74 Å². The monoisotopic (exact) mass is 323 g/mol. The van der Waals surface area contributed by atoms with E-state index in [1.807, 2.05) is 25.7 Å². The average Bonchev–Trinajstić information content (AvgIpc) is 2.81. The molecule has 21 heavy (non-hydrogen) atoms. The number of anilines is 1. The third-order valence-corrected chi connectivity index (χ3v) is 4.13. The molecule has 2 rings (SSSR count). The molecule has 0 radical (unpaired) electrons. The van der Waals surface area contributed by atoms with E-state index >= 15 is 0 Å². The first-order valence-electron chi connectivity index (χ1n) is 6.81. The number of rotatable bonds is 3. The second-order valence-corrected chi connectivity index (χ2v) is 7.03. The minimum Gasteiger partial charge on any atom is -0.378 e. The molecule has 120 valence electrons. The molecule has 0 atom stereocenters. The molecular weight excluding hydrogens is 303 g/mol. The van der Waals surface area contributed by atoms with Gasteiger partial charge in [0, 0.05) is 25.2 Å². The predicted molar refractivity (Wildman–Crippen MR) is 76.7 cm³/mol. The van der Waals surface area contributed by atoms with Crippen LogP contribution < -0.4 is 10.2 Å². The maximum atomic E-state index is 13.1. The molecule has 4 nitrogen and oxygen atoms in total. The maximum absolute atomic E-state index is 13.1. The number of nitrogens with zero attached hydrogens (tertiary/aromatic N) is 2.